The van der Waals surface area contributed by atoms with Crippen LogP contribution in [0.2, 0.25) is 0 Å². The number of aryl methyl sites for hydroxylation is 2. The van der Waals surface area contributed by atoms with Crippen LogP contribution in [0.25, 0.3) is 0 Å². The highest BCUT2D eigenvalue weighted by molar-refractivity contribution is 5.96. The number of fused-ring (bicyclic) bond motifs is 1. The van der Waals surface area contributed by atoms with E-state index >= 15 is 0 Å². The van der Waals surface area contributed by atoms with Gasteiger partial charge in [-0.25, -0.2) is 0 Å². The Kier molecular flexibility index (Phi) is 4.63. The summed E-state index contributed by atoms with van der Waals surface area (Å²) in [7, 11) is 0. The Hall–Kier alpha value is -2.41. The molecule has 2 aliphatic rings. The zero-order valence-electron chi connectivity index (χ0n) is 15.1. The summed E-state index contributed by atoms with van der Waals surface area (Å²) < 4.78 is 5.35. The van der Waals surface area contributed by atoms with Crippen LogP contribution in [0.1, 0.15) is 42.2 Å². The molecule has 1 aromatic heterocycles. The predicted molar refractivity (Wildman–Crippen MR) is 99.0 cm³/mol. The zero-order chi connectivity index (χ0) is 18.1. The molecule has 1 fully saturated rings. The highest BCUT2D eigenvalue weighted by Gasteiger charge is 2.28. The number of benzene rings is 1. The summed E-state index contributed by atoms with van der Waals surface area (Å²) in [5.41, 5.74) is 9.14. The lowest BCUT2D eigenvalue weighted by atomic mass is 9.96. The van der Waals surface area contributed by atoms with Gasteiger partial charge in [-0.1, -0.05) is 22.8 Å². The number of nitrogen functional groups attached to an aromatic ring is 1. The fraction of sp³-hybridized carbons (Fsp3) is 0.526. The normalized spacial score (nSPS) is 18.7. The van der Waals surface area contributed by atoms with Crippen LogP contribution in [0.4, 0.5) is 11.7 Å². The monoisotopic (exact) mass is 355 g/mol. The van der Waals surface area contributed by atoms with Crippen LogP contribution >= 0.6 is 0 Å². The summed E-state index contributed by atoms with van der Waals surface area (Å²) in [6.07, 6.45) is 3.90. The number of piperidine rings is 1. The Bertz CT molecular complexity index is 795. The first-order valence-corrected chi connectivity index (χ1v) is 9.31. The third-order valence-corrected chi connectivity index (χ3v) is 5.41. The van der Waals surface area contributed by atoms with Crippen molar-refractivity contribution in [2.45, 2.75) is 38.5 Å². The van der Waals surface area contributed by atoms with E-state index in [0.29, 0.717) is 12.4 Å². The van der Waals surface area contributed by atoms with Crippen molar-refractivity contribution in [2.24, 2.45) is 0 Å². The van der Waals surface area contributed by atoms with E-state index in [0.717, 1.165) is 51.0 Å². The number of carbonyl (C=O) groups excluding carboxylic acids is 1. The lowest BCUT2D eigenvalue weighted by molar-refractivity contribution is -0.120. The third-order valence-electron chi connectivity index (χ3n) is 5.41. The van der Waals surface area contributed by atoms with Crippen molar-refractivity contribution < 1.29 is 9.21 Å². The minimum absolute atomic E-state index is 0.122. The number of rotatable bonds is 3. The second-order valence-corrected chi connectivity index (χ2v) is 7.31. The maximum atomic E-state index is 12.9. The van der Waals surface area contributed by atoms with Crippen molar-refractivity contribution in [3.05, 3.63) is 35.2 Å². The summed E-state index contributed by atoms with van der Waals surface area (Å²) in [6.45, 7) is 5.08. The molecule has 0 atom stereocenters. The van der Waals surface area contributed by atoms with Gasteiger partial charge in [-0.3, -0.25) is 9.69 Å². The molecule has 2 N–H and O–H groups in total. The Morgan fingerprint density at radius 3 is 2.81 bits per heavy atom. The Morgan fingerprint density at radius 2 is 2.08 bits per heavy atom. The molecule has 2 aliphatic heterocycles. The highest BCUT2D eigenvalue weighted by Crippen LogP contribution is 2.30. The van der Waals surface area contributed by atoms with E-state index in [1.54, 1.807) is 0 Å². The lowest BCUT2D eigenvalue weighted by Gasteiger charge is -2.34. The Labute approximate surface area is 153 Å². The van der Waals surface area contributed by atoms with Crippen molar-refractivity contribution in [3.8, 4) is 0 Å². The van der Waals surface area contributed by atoms with Gasteiger partial charge in [0.1, 0.15) is 0 Å². The number of nitrogens with two attached hydrogens (primary N) is 1. The standard InChI is InChI=1S/C19H25N5O2/c1-13-4-5-16-15(11-13)3-2-8-24(16)17(25)12-23-9-6-14(7-10-23)18-21-22-19(20)26-18/h4-5,11,14H,2-3,6-10,12H2,1H3,(H2,20,22). The molecular weight excluding hydrogens is 330 g/mol. The van der Waals surface area contributed by atoms with Crippen LogP contribution in [-0.2, 0) is 11.2 Å². The fourth-order valence-corrected chi connectivity index (χ4v) is 4.01. The van der Waals surface area contributed by atoms with Crippen molar-refractivity contribution in [2.75, 3.05) is 36.8 Å². The van der Waals surface area contributed by atoms with E-state index in [1.165, 1.54) is 11.1 Å². The third kappa shape index (κ3) is 3.44. The van der Waals surface area contributed by atoms with Gasteiger partial charge in [0, 0.05) is 18.2 Å². The van der Waals surface area contributed by atoms with Gasteiger partial charge >= 0.3 is 6.01 Å². The summed E-state index contributed by atoms with van der Waals surface area (Å²) in [5.74, 6) is 1.05. The smallest absolute Gasteiger partial charge is 0.312 e. The molecule has 1 saturated heterocycles. The van der Waals surface area contributed by atoms with Gasteiger partial charge in [0.15, 0.2) is 0 Å². The van der Waals surface area contributed by atoms with E-state index in [9.17, 15) is 4.79 Å². The number of hydrogen-bond acceptors (Lipinski definition) is 6. The molecule has 2 aromatic rings. The van der Waals surface area contributed by atoms with Gasteiger partial charge in [0.05, 0.1) is 6.54 Å². The largest absolute Gasteiger partial charge is 0.408 e. The van der Waals surface area contributed by atoms with Crippen LogP contribution in [0.5, 0.6) is 0 Å². The number of hydrogen-bond donors (Lipinski definition) is 1. The SMILES string of the molecule is Cc1ccc2c(c1)CCCN2C(=O)CN1CCC(c2nnc(N)o2)CC1. The van der Waals surface area contributed by atoms with Gasteiger partial charge in [0.2, 0.25) is 11.8 Å². The van der Waals surface area contributed by atoms with Crippen molar-refractivity contribution >= 4 is 17.6 Å². The first-order valence-electron chi connectivity index (χ1n) is 9.31. The average Bonchev–Trinajstić information content (AvgIpc) is 3.08. The molecule has 0 aliphatic carbocycles. The van der Waals surface area contributed by atoms with Crippen LogP contribution in [0.3, 0.4) is 0 Å². The first-order chi connectivity index (χ1) is 12.6. The number of amides is 1. The van der Waals surface area contributed by atoms with Gasteiger partial charge < -0.3 is 15.1 Å². The molecule has 0 unspecified atom stereocenters. The molecule has 3 heterocycles. The van der Waals surface area contributed by atoms with E-state index in [2.05, 4.69) is 40.2 Å². The van der Waals surface area contributed by atoms with Crippen LogP contribution in [-0.4, -0.2) is 47.2 Å². The lowest BCUT2D eigenvalue weighted by Crippen LogP contribution is -2.45. The van der Waals surface area contributed by atoms with E-state index in [1.807, 2.05) is 4.90 Å². The molecule has 138 valence electrons. The van der Waals surface area contributed by atoms with Gasteiger partial charge in [-0.05, 0) is 57.3 Å². The molecule has 0 saturated carbocycles. The molecule has 7 heteroatoms. The van der Waals surface area contributed by atoms with E-state index < -0.39 is 0 Å². The van der Waals surface area contributed by atoms with E-state index in [-0.39, 0.29) is 17.8 Å². The maximum Gasteiger partial charge on any atom is 0.312 e. The second kappa shape index (κ2) is 7.07. The number of likely N-dealkylation sites (tertiary alicyclic amines) is 1. The summed E-state index contributed by atoms with van der Waals surface area (Å²) in [4.78, 5) is 17.1. The first kappa shape index (κ1) is 17.0. The minimum Gasteiger partial charge on any atom is -0.408 e. The van der Waals surface area contributed by atoms with Gasteiger partial charge in [0.25, 0.3) is 0 Å². The average molecular weight is 355 g/mol. The highest BCUT2D eigenvalue weighted by atomic mass is 16.4. The van der Waals surface area contributed by atoms with Gasteiger partial charge in [-0.15, -0.1) is 5.10 Å². The van der Waals surface area contributed by atoms with Crippen LogP contribution in [0, 0.1) is 6.92 Å². The molecule has 1 aromatic carbocycles. The molecule has 26 heavy (non-hydrogen) atoms. The molecule has 4 rings (SSSR count). The maximum absolute atomic E-state index is 12.9. The topological polar surface area (TPSA) is 88.5 Å². The molecule has 1 amide bonds. The van der Waals surface area contributed by atoms with Gasteiger partial charge in [-0.2, -0.15) is 0 Å². The number of nitrogens with zero attached hydrogens (tertiary/aromatic N) is 4. The number of carbonyl (C=O) groups is 1. The molecule has 0 radical (unpaired) electrons. The molecule has 7 nitrogen and oxygen atoms in total. The number of anilines is 2. The minimum atomic E-state index is 0.122. The van der Waals surface area contributed by atoms with Crippen LogP contribution in [0.15, 0.2) is 22.6 Å². The molecule has 0 bridgehead atoms. The fourth-order valence-electron chi connectivity index (χ4n) is 4.01. The summed E-state index contributed by atoms with van der Waals surface area (Å²) in [6, 6.07) is 6.51. The van der Waals surface area contributed by atoms with Crippen LogP contribution < -0.4 is 10.6 Å². The van der Waals surface area contributed by atoms with E-state index in [4.69, 9.17) is 10.2 Å². The van der Waals surface area contributed by atoms with Crippen molar-refractivity contribution in [3.63, 3.8) is 0 Å². The number of aromatic nitrogens is 2. The zero-order valence-corrected chi connectivity index (χ0v) is 15.1. The quantitative estimate of drug-likeness (QED) is 0.907. The second-order valence-electron chi connectivity index (χ2n) is 7.31. The predicted octanol–water partition coefficient (Wildman–Crippen LogP) is 2.12. The molecule has 0 spiro atoms. The summed E-state index contributed by atoms with van der Waals surface area (Å²) >= 11 is 0. The molecular formula is C19H25N5O2. The summed E-state index contributed by atoms with van der Waals surface area (Å²) in [5, 5.41) is 7.73. The van der Waals surface area contributed by atoms with Crippen molar-refractivity contribution in [1.29, 1.82) is 0 Å². The Morgan fingerprint density at radius 1 is 1.27 bits per heavy atom. The van der Waals surface area contributed by atoms with Crippen molar-refractivity contribution in [1.82, 2.24) is 15.1 Å². The Balaban J connectivity index is 1.36.